The van der Waals surface area contributed by atoms with Gasteiger partial charge in [0.15, 0.2) is 11.5 Å². The van der Waals surface area contributed by atoms with E-state index in [1.54, 1.807) is 0 Å². The predicted molar refractivity (Wildman–Crippen MR) is 61.6 cm³/mol. The average Bonchev–Trinajstić information content (AvgIpc) is 2.73. The smallest absolute Gasteiger partial charge is 0.326 e. The number of carboxylic acids is 1. The van der Waals surface area contributed by atoms with Crippen molar-refractivity contribution in [3.05, 3.63) is 12.7 Å². The molecule has 3 N–H and O–H groups in total. The van der Waals surface area contributed by atoms with Gasteiger partial charge in [0.05, 0.1) is 6.33 Å². The van der Waals surface area contributed by atoms with Crippen LogP contribution in [-0.2, 0) is 4.79 Å². The topological polar surface area (TPSA) is 104 Å². The van der Waals surface area contributed by atoms with Gasteiger partial charge >= 0.3 is 5.97 Å². The van der Waals surface area contributed by atoms with Crippen LogP contribution in [0.5, 0.6) is 0 Å². The van der Waals surface area contributed by atoms with E-state index in [1.165, 1.54) is 12.7 Å². The lowest BCUT2D eigenvalue weighted by Crippen LogP contribution is -2.34. The number of carboxylic acid groups (broad SMARTS) is 1. The fourth-order valence-corrected chi connectivity index (χ4v) is 1.54. The summed E-state index contributed by atoms with van der Waals surface area (Å²) in [5.74, 6) is -0.514. The minimum atomic E-state index is -0.911. The molecule has 0 saturated heterocycles. The summed E-state index contributed by atoms with van der Waals surface area (Å²) in [6, 6.07) is -0.698. The highest BCUT2D eigenvalue weighted by molar-refractivity contribution is 5.85. The van der Waals surface area contributed by atoms with E-state index in [1.807, 2.05) is 13.8 Å². The Hall–Kier alpha value is -2.18. The number of nitrogens with one attached hydrogen (secondary N) is 2. The molecule has 0 saturated carbocycles. The van der Waals surface area contributed by atoms with Crippen LogP contribution in [-0.4, -0.2) is 37.1 Å². The number of nitrogens with zero attached hydrogens (tertiary/aromatic N) is 3. The van der Waals surface area contributed by atoms with Crippen molar-refractivity contribution >= 4 is 23.0 Å². The van der Waals surface area contributed by atoms with Gasteiger partial charge in [-0.1, -0.05) is 13.8 Å². The summed E-state index contributed by atoms with van der Waals surface area (Å²) < 4.78 is 0. The van der Waals surface area contributed by atoms with Gasteiger partial charge in [-0.2, -0.15) is 0 Å². The Morgan fingerprint density at radius 3 is 2.82 bits per heavy atom. The third kappa shape index (κ3) is 2.17. The molecule has 90 valence electrons. The second kappa shape index (κ2) is 4.36. The molecule has 2 heterocycles. The zero-order valence-electron chi connectivity index (χ0n) is 9.51. The average molecular weight is 235 g/mol. The maximum atomic E-state index is 11.1. The minimum absolute atomic E-state index is 0.0552. The van der Waals surface area contributed by atoms with E-state index < -0.39 is 12.0 Å². The van der Waals surface area contributed by atoms with Crippen LogP contribution in [0.1, 0.15) is 13.8 Å². The van der Waals surface area contributed by atoms with Crippen LogP contribution in [0.3, 0.4) is 0 Å². The van der Waals surface area contributed by atoms with Gasteiger partial charge < -0.3 is 15.4 Å². The number of imidazole rings is 1. The zero-order chi connectivity index (χ0) is 12.4. The first-order valence-electron chi connectivity index (χ1n) is 5.23. The Labute approximate surface area is 97.3 Å². The first-order valence-corrected chi connectivity index (χ1v) is 5.23. The van der Waals surface area contributed by atoms with Crippen LogP contribution in [0.4, 0.5) is 5.82 Å². The largest absolute Gasteiger partial charge is 0.480 e. The van der Waals surface area contributed by atoms with E-state index in [0.29, 0.717) is 17.0 Å². The Balaban J connectivity index is 2.34. The lowest BCUT2D eigenvalue weighted by Gasteiger charge is -2.18. The van der Waals surface area contributed by atoms with Crippen molar-refractivity contribution in [2.24, 2.45) is 5.92 Å². The highest BCUT2D eigenvalue weighted by Gasteiger charge is 2.22. The highest BCUT2D eigenvalue weighted by Crippen LogP contribution is 2.17. The van der Waals surface area contributed by atoms with E-state index >= 15 is 0 Å². The summed E-state index contributed by atoms with van der Waals surface area (Å²) in [5, 5.41) is 12.0. The quantitative estimate of drug-likeness (QED) is 0.726. The van der Waals surface area contributed by atoms with Gasteiger partial charge in [0.1, 0.15) is 17.9 Å². The summed E-state index contributed by atoms with van der Waals surface area (Å²) in [6.07, 6.45) is 2.85. The zero-order valence-corrected chi connectivity index (χ0v) is 9.51. The lowest BCUT2D eigenvalue weighted by molar-refractivity contribution is -0.138. The van der Waals surface area contributed by atoms with Gasteiger partial charge in [0.25, 0.3) is 0 Å². The Morgan fingerprint density at radius 1 is 1.41 bits per heavy atom. The first-order chi connectivity index (χ1) is 8.09. The third-order valence-electron chi connectivity index (χ3n) is 2.45. The number of anilines is 1. The summed E-state index contributed by atoms with van der Waals surface area (Å²) in [7, 11) is 0. The van der Waals surface area contributed by atoms with Crippen molar-refractivity contribution in [1.82, 2.24) is 19.9 Å². The van der Waals surface area contributed by atoms with Crippen LogP contribution < -0.4 is 5.32 Å². The van der Waals surface area contributed by atoms with Crippen molar-refractivity contribution in [3.8, 4) is 0 Å². The van der Waals surface area contributed by atoms with E-state index in [0.717, 1.165) is 0 Å². The van der Waals surface area contributed by atoms with Crippen LogP contribution in [0, 0.1) is 5.92 Å². The molecule has 1 atom stereocenters. The number of hydrogen-bond donors (Lipinski definition) is 3. The molecule has 2 rings (SSSR count). The van der Waals surface area contributed by atoms with E-state index in [9.17, 15) is 4.79 Å². The maximum absolute atomic E-state index is 11.1. The van der Waals surface area contributed by atoms with Crippen molar-refractivity contribution in [1.29, 1.82) is 0 Å². The second-order valence-electron chi connectivity index (χ2n) is 4.03. The number of hydrogen-bond acceptors (Lipinski definition) is 5. The standard InChI is InChI=1S/C10H13N5O2/c1-5(2)6(10(16)17)15-9-7-8(12-3-11-7)13-4-14-9/h3-6H,1-2H3,(H,16,17)(H2,11,12,13,14,15)/t6-/m0/s1. The molecular formula is C10H13N5O2. The summed E-state index contributed by atoms with van der Waals surface area (Å²) >= 11 is 0. The molecule has 0 aliphatic carbocycles. The van der Waals surface area contributed by atoms with E-state index in [2.05, 4.69) is 25.3 Å². The van der Waals surface area contributed by atoms with Gasteiger partial charge in [0, 0.05) is 0 Å². The molecule has 0 fully saturated rings. The van der Waals surface area contributed by atoms with Gasteiger partial charge in [-0.25, -0.2) is 19.7 Å². The minimum Gasteiger partial charge on any atom is -0.480 e. The van der Waals surface area contributed by atoms with Crippen LogP contribution in [0.25, 0.3) is 11.2 Å². The fraction of sp³-hybridized carbons (Fsp3) is 0.400. The van der Waals surface area contributed by atoms with Crippen LogP contribution in [0.2, 0.25) is 0 Å². The van der Waals surface area contributed by atoms with Crippen molar-refractivity contribution in [2.45, 2.75) is 19.9 Å². The molecule has 7 heteroatoms. The number of aromatic nitrogens is 4. The summed E-state index contributed by atoms with van der Waals surface area (Å²) in [6.45, 7) is 3.66. The van der Waals surface area contributed by atoms with Gasteiger partial charge in [-0.15, -0.1) is 0 Å². The number of rotatable bonds is 4. The number of fused-ring (bicyclic) bond motifs is 1. The molecule has 0 aliphatic rings. The molecule has 2 aromatic rings. The monoisotopic (exact) mass is 235 g/mol. The maximum Gasteiger partial charge on any atom is 0.326 e. The normalized spacial score (nSPS) is 12.9. The summed E-state index contributed by atoms with van der Waals surface area (Å²) in [4.78, 5) is 25.9. The molecule has 0 amide bonds. The van der Waals surface area contributed by atoms with Crippen molar-refractivity contribution < 1.29 is 9.90 Å². The van der Waals surface area contributed by atoms with Gasteiger partial charge in [-0.05, 0) is 5.92 Å². The number of aliphatic carboxylic acids is 1. The second-order valence-corrected chi connectivity index (χ2v) is 4.03. The third-order valence-corrected chi connectivity index (χ3v) is 2.45. The van der Waals surface area contributed by atoms with Crippen molar-refractivity contribution in [3.63, 3.8) is 0 Å². The fourth-order valence-electron chi connectivity index (χ4n) is 1.54. The molecule has 0 aromatic carbocycles. The molecule has 2 aromatic heterocycles. The van der Waals surface area contributed by atoms with Crippen molar-refractivity contribution in [2.75, 3.05) is 5.32 Å². The first kappa shape index (κ1) is 11.3. The van der Waals surface area contributed by atoms with E-state index in [-0.39, 0.29) is 5.92 Å². The molecule has 17 heavy (non-hydrogen) atoms. The molecule has 0 radical (unpaired) electrons. The van der Waals surface area contributed by atoms with Crippen LogP contribution >= 0.6 is 0 Å². The highest BCUT2D eigenvalue weighted by atomic mass is 16.4. The molecule has 0 aliphatic heterocycles. The molecule has 0 spiro atoms. The van der Waals surface area contributed by atoms with E-state index in [4.69, 9.17) is 5.11 Å². The van der Waals surface area contributed by atoms with Gasteiger partial charge in [0.2, 0.25) is 0 Å². The molecule has 0 bridgehead atoms. The molecule has 7 nitrogen and oxygen atoms in total. The number of aromatic amines is 1. The number of H-pyrrole nitrogens is 1. The van der Waals surface area contributed by atoms with Crippen LogP contribution in [0.15, 0.2) is 12.7 Å². The molecule has 0 unspecified atom stereocenters. The lowest BCUT2D eigenvalue weighted by atomic mass is 10.1. The molecular weight excluding hydrogens is 222 g/mol. The Kier molecular flexibility index (Phi) is 2.90. The number of carbonyl (C=O) groups is 1. The Bertz CT molecular complexity index is 536. The SMILES string of the molecule is CC(C)[C@H](Nc1ncnc2nc[nH]c12)C(=O)O. The predicted octanol–water partition coefficient (Wildman–Crippen LogP) is 0.874. The Morgan fingerprint density at radius 2 is 2.18 bits per heavy atom. The van der Waals surface area contributed by atoms with Gasteiger partial charge in [-0.3, -0.25) is 0 Å². The summed E-state index contributed by atoms with van der Waals surface area (Å²) in [5.41, 5.74) is 1.12.